The summed E-state index contributed by atoms with van der Waals surface area (Å²) in [6.45, 7) is 4.36. The molecule has 0 aliphatic heterocycles. The van der Waals surface area contributed by atoms with Gasteiger partial charge in [-0.15, -0.1) is 10.2 Å². The summed E-state index contributed by atoms with van der Waals surface area (Å²) in [7, 11) is -3.75. The summed E-state index contributed by atoms with van der Waals surface area (Å²) in [4.78, 5) is 0.267. The van der Waals surface area contributed by atoms with Crippen LogP contribution in [0.5, 0.6) is 0 Å². The zero-order valence-corrected chi connectivity index (χ0v) is 19.4. The molecule has 0 amide bonds. The summed E-state index contributed by atoms with van der Waals surface area (Å²) < 4.78 is 30.9. The first-order chi connectivity index (χ1) is 14.9. The average Bonchev–Trinajstić information content (AvgIpc) is 3.09. The van der Waals surface area contributed by atoms with Gasteiger partial charge in [-0.2, -0.15) is 0 Å². The minimum atomic E-state index is -3.75. The van der Waals surface area contributed by atoms with Gasteiger partial charge in [0.2, 0.25) is 0 Å². The molecule has 2 aromatic carbocycles. The van der Waals surface area contributed by atoms with Crippen LogP contribution in [0.4, 0.5) is 5.69 Å². The van der Waals surface area contributed by atoms with E-state index < -0.39 is 10.0 Å². The molecule has 1 heterocycles. The SMILES string of the molecule is CCCCN(c1ccc(Cl)cc1-c1nnc(C)n1C1CCC1)S(=O)(=O)c1ccccc1. The second-order valence-corrected chi connectivity index (χ2v) is 10.2. The van der Waals surface area contributed by atoms with E-state index in [0.717, 1.165) is 31.5 Å². The van der Waals surface area contributed by atoms with Crippen molar-refractivity contribution in [3.63, 3.8) is 0 Å². The molecule has 1 aliphatic carbocycles. The van der Waals surface area contributed by atoms with Crippen molar-refractivity contribution in [2.24, 2.45) is 0 Å². The van der Waals surface area contributed by atoms with Gasteiger partial charge in [-0.05, 0) is 62.9 Å². The minimum Gasteiger partial charge on any atom is -0.308 e. The smallest absolute Gasteiger partial charge is 0.264 e. The van der Waals surface area contributed by atoms with Crippen LogP contribution in [0.1, 0.15) is 50.9 Å². The first-order valence-corrected chi connectivity index (χ1v) is 12.5. The van der Waals surface area contributed by atoms with E-state index in [1.54, 1.807) is 42.5 Å². The number of halogens is 1. The zero-order chi connectivity index (χ0) is 22.0. The van der Waals surface area contributed by atoms with Crippen molar-refractivity contribution in [2.75, 3.05) is 10.8 Å². The fraction of sp³-hybridized carbons (Fsp3) is 0.391. The number of anilines is 1. The summed E-state index contributed by atoms with van der Waals surface area (Å²) in [5, 5.41) is 9.29. The summed E-state index contributed by atoms with van der Waals surface area (Å²) in [6.07, 6.45) is 4.94. The van der Waals surface area contributed by atoms with Crippen LogP contribution in [0.3, 0.4) is 0 Å². The normalized spacial score (nSPS) is 14.4. The zero-order valence-electron chi connectivity index (χ0n) is 17.8. The molecule has 0 bridgehead atoms. The molecule has 0 atom stereocenters. The van der Waals surface area contributed by atoms with E-state index in [-0.39, 0.29) is 4.90 Å². The first-order valence-electron chi connectivity index (χ1n) is 10.7. The Bertz CT molecular complexity index is 1160. The lowest BCUT2D eigenvalue weighted by atomic mass is 9.92. The number of benzene rings is 2. The van der Waals surface area contributed by atoms with Crippen molar-refractivity contribution in [3.8, 4) is 11.4 Å². The molecule has 8 heteroatoms. The van der Waals surface area contributed by atoms with Gasteiger partial charge < -0.3 is 4.57 Å². The van der Waals surface area contributed by atoms with E-state index in [9.17, 15) is 8.42 Å². The molecule has 0 saturated heterocycles. The van der Waals surface area contributed by atoms with Crippen molar-refractivity contribution in [1.29, 1.82) is 0 Å². The molecular formula is C23H27ClN4O2S. The molecule has 0 spiro atoms. The van der Waals surface area contributed by atoms with Gasteiger partial charge in [-0.3, -0.25) is 4.31 Å². The monoisotopic (exact) mass is 458 g/mol. The first kappa shape index (κ1) is 21.8. The molecule has 0 unspecified atom stereocenters. The van der Waals surface area contributed by atoms with Crippen LogP contribution in [0, 0.1) is 6.92 Å². The maximum atomic E-state index is 13.6. The number of hydrogen-bond donors (Lipinski definition) is 0. The van der Waals surface area contributed by atoms with Crippen molar-refractivity contribution in [2.45, 2.75) is 56.9 Å². The summed E-state index contributed by atoms with van der Waals surface area (Å²) in [6, 6.07) is 14.2. The fourth-order valence-corrected chi connectivity index (χ4v) is 5.65. The molecule has 1 aromatic heterocycles. The Morgan fingerprint density at radius 1 is 1.13 bits per heavy atom. The molecule has 0 N–H and O–H groups in total. The standard InChI is InChI=1S/C23H27ClN4O2S/c1-3-4-15-27(31(29,30)20-11-6-5-7-12-20)22-14-13-18(24)16-21(22)23-26-25-17(2)28(23)19-9-8-10-19/h5-7,11-14,16,19H,3-4,8-10,15H2,1-2H3. The number of hydrogen-bond acceptors (Lipinski definition) is 4. The van der Waals surface area contributed by atoms with Gasteiger partial charge in [-0.25, -0.2) is 8.42 Å². The highest BCUT2D eigenvalue weighted by molar-refractivity contribution is 7.92. The maximum absolute atomic E-state index is 13.6. The third kappa shape index (κ3) is 4.21. The topological polar surface area (TPSA) is 68.1 Å². The molecule has 31 heavy (non-hydrogen) atoms. The van der Waals surface area contributed by atoms with Gasteiger partial charge in [0.1, 0.15) is 5.82 Å². The molecule has 1 saturated carbocycles. The van der Waals surface area contributed by atoms with Gasteiger partial charge in [0.25, 0.3) is 10.0 Å². The molecule has 1 aliphatic rings. The Balaban J connectivity index is 1.88. The maximum Gasteiger partial charge on any atom is 0.264 e. The Morgan fingerprint density at radius 2 is 1.87 bits per heavy atom. The van der Waals surface area contributed by atoms with Gasteiger partial charge >= 0.3 is 0 Å². The molecule has 1 fully saturated rings. The number of unbranched alkanes of at least 4 members (excludes halogenated alkanes) is 1. The predicted molar refractivity (Wildman–Crippen MR) is 124 cm³/mol. The number of rotatable bonds is 8. The van der Waals surface area contributed by atoms with Gasteiger partial charge in [-0.1, -0.05) is 43.1 Å². The predicted octanol–water partition coefficient (Wildman–Crippen LogP) is 5.63. The molecule has 164 valence electrons. The second kappa shape index (κ2) is 9.01. The van der Waals surface area contributed by atoms with Crippen LogP contribution in [0.25, 0.3) is 11.4 Å². The highest BCUT2D eigenvalue weighted by Gasteiger charge is 2.30. The van der Waals surface area contributed by atoms with Crippen LogP contribution < -0.4 is 4.31 Å². The largest absolute Gasteiger partial charge is 0.308 e. The van der Waals surface area contributed by atoms with Gasteiger partial charge in [0, 0.05) is 23.2 Å². The molecule has 6 nitrogen and oxygen atoms in total. The van der Waals surface area contributed by atoms with Crippen LogP contribution in [-0.4, -0.2) is 29.7 Å². The lowest BCUT2D eigenvalue weighted by Gasteiger charge is -2.30. The van der Waals surface area contributed by atoms with E-state index >= 15 is 0 Å². The average molecular weight is 459 g/mol. The highest BCUT2D eigenvalue weighted by Crippen LogP contribution is 2.40. The number of nitrogens with zero attached hydrogens (tertiary/aromatic N) is 4. The molecular weight excluding hydrogens is 432 g/mol. The second-order valence-electron chi connectivity index (χ2n) is 7.93. The third-order valence-corrected chi connectivity index (χ3v) is 7.88. The van der Waals surface area contributed by atoms with Gasteiger partial charge in [0.15, 0.2) is 5.82 Å². The van der Waals surface area contributed by atoms with Crippen molar-refractivity contribution in [1.82, 2.24) is 14.8 Å². The van der Waals surface area contributed by atoms with Crippen molar-refractivity contribution >= 4 is 27.3 Å². The van der Waals surface area contributed by atoms with E-state index in [1.807, 2.05) is 19.9 Å². The summed E-state index contributed by atoms with van der Waals surface area (Å²) >= 11 is 6.37. The third-order valence-electron chi connectivity index (χ3n) is 5.82. The molecule has 3 aromatic rings. The van der Waals surface area contributed by atoms with Gasteiger partial charge in [0.05, 0.1) is 10.6 Å². The lowest BCUT2D eigenvalue weighted by molar-refractivity contribution is 0.311. The van der Waals surface area contributed by atoms with E-state index in [1.165, 1.54) is 10.7 Å². The fourth-order valence-electron chi connectivity index (χ4n) is 3.93. The van der Waals surface area contributed by atoms with Crippen molar-refractivity contribution in [3.05, 3.63) is 59.4 Å². The number of aromatic nitrogens is 3. The summed E-state index contributed by atoms with van der Waals surface area (Å²) in [5.74, 6) is 1.50. The van der Waals surface area contributed by atoms with Crippen LogP contribution >= 0.6 is 11.6 Å². The van der Waals surface area contributed by atoms with Crippen LogP contribution in [-0.2, 0) is 10.0 Å². The Morgan fingerprint density at radius 3 is 2.52 bits per heavy atom. The molecule has 0 radical (unpaired) electrons. The summed E-state index contributed by atoms with van der Waals surface area (Å²) in [5.41, 5.74) is 1.27. The van der Waals surface area contributed by atoms with Crippen LogP contribution in [0.2, 0.25) is 5.02 Å². The quantitative estimate of drug-likeness (QED) is 0.438. The molecule has 4 rings (SSSR count). The Hall–Kier alpha value is -2.38. The Kier molecular flexibility index (Phi) is 6.34. The lowest BCUT2D eigenvalue weighted by Crippen LogP contribution is -2.32. The number of sulfonamides is 1. The van der Waals surface area contributed by atoms with E-state index in [2.05, 4.69) is 14.8 Å². The van der Waals surface area contributed by atoms with E-state index in [0.29, 0.717) is 34.7 Å². The van der Waals surface area contributed by atoms with Crippen molar-refractivity contribution < 1.29 is 8.42 Å². The Labute approximate surface area is 188 Å². The highest BCUT2D eigenvalue weighted by atomic mass is 35.5. The minimum absolute atomic E-state index is 0.267. The van der Waals surface area contributed by atoms with Crippen LogP contribution in [0.15, 0.2) is 53.4 Å². The van der Waals surface area contributed by atoms with E-state index in [4.69, 9.17) is 11.6 Å². The number of aryl methyl sites for hydroxylation is 1.